The highest BCUT2D eigenvalue weighted by atomic mass is 16.5. The second-order valence-corrected chi connectivity index (χ2v) is 11.5. The van der Waals surface area contributed by atoms with Crippen LogP contribution in [0.2, 0.25) is 0 Å². The van der Waals surface area contributed by atoms with Gasteiger partial charge in [-0.1, -0.05) is 60.7 Å². The second-order valence-electron chi connectivity index (χ2n) is 11.5. The topological polar surface area (TPSA) is 117 Å². The van der Waals surface area contributed by atoms with E-state index in [1.807, 2.05) is 67.6 Å². The first-order chi connectivity index (χ1) is 20.3. The molecule has 3 saturated heterocycles. The largest absolute Gasteiger partial charge is 0.497 e. The fraction of sp³-hybridized carbons (Fsp3) is 0.364. The molecule has 0 aromatic heterocycles. The zero-order valence-electron chi connectivity index (χ0n) is 23.7. The van der Waals surface area contributed by atoms with Gasteiger partial charge in [0, 0.05) is 12.2 Å². The lowest BCUT2D eigenvalue weighted by Gasteiger charge is -2.37. The molecule has 3 aliphatic rings. The quantitative estimate of drug-likeness (QED) is 0.364. The van der Waals surface area contributed by atoms with E-state index in [-0.39, 0.29) is 11.8 Å². The molecule has 6 rings (SSSR count). The Balaban J connectivity index is 1.37. The molecule has 218 valence electrons. The predicted octanol–water partition coefficient (Wildman–Crippen LogP) is 3.45. The van der Waals surface area contributed by atoms with Gasteiger partial charge in [-0.2, -0.15) is 0 Å². The van der Waals surface area contributed by atoms with E-state index in [0.29, 0.717) is 36.4 Å². The lowest BCUT2D eigenvalue weighted by atomic mass is 9.66. The average Bonchev–Trinajstić information content (AvgIpc) is 3.58. The monoisotopic (exact) mass is 569 g/mol. The van der Waals surface area contributed by atoms with Gasteiger partial charge in [0.15, 0.2) is 0 Å². The van der Waals surface area contributed by atoms with E-state index in [9.17, 15) is 19.5 Å². The van der Waals surface area contributed by atoms with Crippen molar-refractivity contribution in [3.05, 3.63) is 96.1 Å². The molecule has 6 atom stereocenters. The minimum absolute atomic E-state index is 0.280. The summed E-state index contributed by atoms with van der Waals surface area (Å²) in [7, 11) is 1.56. The third kappa shape index (κ3) is 4.53. The molecule has 3 fully saturated rings. The van der Waals surface area contributed by atoms with Crippen molar-refractivity contribution >= 4 is 23.4 Å². The third-order valence-corrected chi connectivity index (χ3v) is 9.11. The molecule has 42 heavy (non-hydrogen) atoms. The zero-order chi connectivity index (χ0) is 29.5. The van der Waals surface area contributed by atoms with Crippen LogP contribution < -0.4 is 15.4 Å². The van der Waals surface area contributed by atoms with Crippen LogP contribution in [0, 0.1) is 11.8 Å². The van der Waals surface area contributed by atoms with Gasteiger partial charge in [0.25, 0.3) is 0 Å². The third-order valence-electron chi connectivity index (χ3n) is 9.11. The van der Waals surface area contributed by atoms with Crippen LogP contribution in [0.15, 0.2) is 84.9 Å². The van der Waals surface area contributed by atoms with Gasteiger partial charge in [-0.25, -0.2) is 0 Å². The highest BCUT2D eigenvalue weighted by molar-refractivity contribution is 6.04. The van der Waals surface area contributed by atoms with Gasteiger partial charge >= 0.3 is 0 Å². The molecule has 3 N–H and O–H groups in total. The number of aliphatic hydroxyl groups is 1. The first kappa shape index (κ1) is 27.9. The number of carbonyl (C=O) groups is 3. The van der Waals surface area contributed by atoms with Crippen molar-refractivity contribution in [1.29, 1.82) is 0 Å². The number of fused-ring (bicyclic) bond motifs is 1. The number of aliphatic hydroxyl groups excluding tert-OH is 1. The maximum absolute atomic E-state index is 14.5. The van der Waals surface area contributed by atoms with Gasteiger partial charge in [0.1, 0.15) is 17.4 Å². The number of hydrogen-bond donors (Lipinski definition) is 3. The van der Waals surface area contributed by atoms with Gasteiger partial charge < -0.3 is 30.1 Å². The summed E-state index contributed by atoms with van der Waals surface area (Å²) in [6.45, 7) is 1.78. The lowest BCUT2D eigenvalue weighted by Crippen LogP contribution is -2.54. The number of benzene rings is 3. The van der Waals surface area contributed by atoms with Crippen molar-refractivity contribution in [1.82, 2.24) is 10.2 Å². The number of likely N-dealkylation sites (tertiary alicyclic amines) is 1. The number of rotatable bonds is 9. The molecular weight excluding hydrogens is 534 g/mol. The van der Waals surface area contributed by atoms with Gasteiger partial charge in [-0.15, -0.1) is 0 Å². The smallest absolute Gasteiger partial charge is 0.250 e. The Morgan fingerprint density at radius 3 is 2.31 bits per heavy atom. The number of methoxy groups -OCH3 is 1. The number of carbonyl (C=O) groups excluding carboxylic acids is 3. The molecule has 9 nitrogen and oxygen atoms in total. The Morgan fingerprint density at radius 1 is 1.00 bits per heavy atom. The predicted molar refractivity (Wildman–Crippen MR) is 155 cm³/mol. The molecule has 3 aromatic rings. The molecule has 2 unspecified atom stereocenters. The molecule has 0 aliphatic carbocycles. The molecule has 3 aliphatic heterocycles. The minimum Gasteiger partial charge on any atom is -0.497 e. The summed E-state index contributed by atoms with van der Waals surface area (Å²) in [5.74, 6) is -2.10. The maximum atomic E-state index is 14.5. The van der Waals surface area contributed by atoms with Crippen molar-refractivity contribution in [2.24, 2.45) is 11.8 Å². The number of anilines is 1. The van der Waals surface area contributed by atoms with Crippen molar-refractivity contribution in [2.75, 3.05) is 19.0 Å². The van der Waals surface area contributed by atoms with Gasteiger partial charge in [-0.3, -0.25) is 14.4 Å². The highest BCUT2D eigenvalue weighted by Crippen LogP contribution is 2.64. The molecule has 3 amide bonds. The van der Waals surface area contributed by atoms with Gasteiger partial charge in [0.05, 0.1) is 37.2 Å². The Hall–Kier alpha value is -4.21. The normalized spacial score (nSPS) is 28.3. The van der Waals surface area contributed by atoms with Crippen LogP contribution >= 0.6 is 0 Å². The maximum Gasteiger partial charge on any atom is 0.250 e. The SMILES string of the molecule is COc1ccc(NC(=O)C2N([C@H](CO)c3ccccc3)C(=O)[C@@H]3[C@H](C(=O)NCc4ccccc4)[C@]4(C)CCC23O4)cc1. The summed E-state index contributed by atoms with van der Waals surface area (Å²) in [6.07, 6.45) is 0.960. The van der Waals surface area contributed by atoms with E-state index in [0.717, 1.165) is 5.56 Å². The van der Waals surface area contributed by atoms with Crippen molar-refractivity contribution in [3.63, 3.8) is 0 Å². The van der Waals surface area contributed by atoms with E-state index >= 15 is 0 Å². The minimum atomic E-state index is -1.22. The van der Waals surface area contributed by atoms with Crippen LogP contribution in [-0.4, -0.2) is 58.7 Å². The van der Waals surface area contributed by atoms with E-state index < -0.39 is 47.6 Å². The molecular formula is C33H35N3O6. The number of amides is 3. The Bertz CT molecular complexity index is 1470. The molecule has 0 saturated carbocycles. The van der Waals surface area contributed by atoms with Crippen LogP contribution in [0.1, 0.15) is 36.9 Å². The summed E-state index contributed by atoms with van der Waals surface area (Å²) in [5, 5.41) is 16.6. The van der Waals surface area contributed by atoms with Crippen molar-refractivity contribution < 1.29 is 29.0 Å². The Labute approximate surface area is 244 Å². The highest BCUT2D eigenvalue weighted by Gasteiger charge is 2.78. The van der Waals surface area contributed by atoms with Crippen LogP contribution in [-0.2, 0) is 25.7 Å². The van der Waals surface area contributed by atoms with Crippen LogP contribution in [0.3, 0.4) is 0 Å². The first-order valence-electron chi connectivity index (χ1n) is 14.3. The Kier molecular flexibility index (Phi) is 7.24. The van der Waals surface area contributed by atoms with E-state index in [4.69, 9.17) is 9.47 Å². The number of hydrogen-bond acceptors (Lipinski definition) is 6. The summed E-state index contributed by atoms with van der Waals surface area (Å²) < 4.78 is 11.9. The van der Waals surface area contributed by atoms with Crippen LogP contribution in [0.4, 0.5) is 5.69 Å². The molecule has 3 heterocycles. The van der Waals surface area contributed by atoms with Crippen LogP contribution in [0.5, 0.6) is 5.75 Å². The summed E-state index contributed by atoms with van der Waals surface area (Å²) >= 11 is 0. The van der Waals surface area contributed by atoms with Crippen molar-refractivity contribution in [2.45, 2.75) is 49.6 Å². The standard InChI is InChI=1S/C33H35N3O6/c1-32-17-18-33(42-32)27(26(32)29(38)34-19-21-9-5-3-6-10-21)31(40)36(25(20-37)22-11-7-4-8-12-22)28(33)30(39)35-23-13-15-24(41-2)16-14-23/h3-16,25-28,37H,17-20H2,1-2H3,(H,34,38)(H,35,39)/t25-,26-,27+,28?,32+,33?/m1/s1. The molecule has 0 radical (unpaired) electrons. The second kappa shape index (κ2) is 10.9. The molecule has 2 bridgehead atoms. The van der Waals surface area contributed by atoms with Crippen molar-refractivity contribution in [3.8, 4) is 5.75 Å². The molecule has 9 heteroatoms. The average molecular weight is 570 g/mol. The zero-order valence-corrected chi connectivity index (χ0v) is 23.7. The lowest BCUT2D eigenvalue weighted by molar-refractivity contribution is -0.148. The summed E-state index contributed by atoms with van der Waals surface area (Å²) in [5.41, 5.74) is 0.0319. The van der Waals surface area contributed by atoms with E-state index in [1.165, 1.54) is 4.90 Å². The number of nitrogens with zero attached hydrogens (tertiary/aromatic N) is 1. The van der Waals surface area contributed by atoms with Gasteiger partial charge in [0.2, 0.25) is 17.7 Å². The number of ether oxygens (including phenoxy) is 2. The van der Waals surface area contributed by atoms with E-state index in [2.05, 4.69) is 10.6 Å². The fourth-order valence-corrected chi connectivity index (χ4v) is 7.21. The molecule has 3 aromatic carbocycles. The molecule has 1 spiro atoms. The Morgan fingerprint density at radius 2 is 1.67 bits per heavy atom. The van der Waals surface area contributed by atoms with Crippen LogP contribution in [0.25, 0.3) is 0 Å². The summed E-state index contributed by atoms with van der Waals surface area (Å²) in [4.78, 5) is 44.0. The summed E-state index contributed by atoms with van der Waals surface area (Å²) in [6, 6.07) is 23.8. The van der Waals surface area contributed by atoms with E-state index in [1.54, 1.807) is 31.4 Å². The van der Waals surface area contributed by atoms with Gasteiger partial charge in [-0.05, 0) is 55.2 Å². The number of nitrogens with one attached hydrogen (secondary N) is 2. The first-order valence-corrected chi connectivity index (χ1v) is 14.3. The fourth-order valence-electron chi connectivity index (χ4n) is 7.21.